The van der Waals surface area contributed by atoms with E-state index in [9.17, 15) is 14.7 Å². The third-order valence-electron chi connectivity index (χ3n) is 6.84. The fraction of sp³-hybridized carbons (Fsp3) is 0.188. The number of aliphatic carboxylic acids is 1. The Kier molecular flexibility index (Phi) is 8.22. The number of nitrogens with zero attached hydrogens (tertiary/aromatic N) is 1. The van der Waals surface area contributed by atoms with E-state index in [0.29, 0.717) is 40.0 Å². The SMILES string of the molecule is COc1ccc2c(c1OCc1ccccc1)C[C@@H](C(=O)O)N(C(=O)[C@@H](Oc1ccc(Cl)cc1)c1ccccc1)C2. The number of hydrogen-bond donors (Lipinski definition) is 1. The smallest absolute Gasteiger partial charge is 0.326 e. The summed E-state index contributed by atoms with van der Waals surface area (Å²) in [4.78, 5) is 28.0. The number of carboxylic acids is 1. The Labute approximate surface area is 237 Å². The van der Waals surface area contributed by atoms with Crippen molar-refractivity contribution in [3.8, 4) is 17.2 Å². The molecule has 1 aliphatic rings. The van der Waals surface area contributed by atoms with Crippen LogP contribution in [-0.4, -0.2) is 35.0 Å². The molecule has 0 aliphatic carbocycles. The summed E-state index contributed by atoms with van der Waals surface area (Å²) in [6, 6.07) is 27.9. The molecule has 5 rings (SSSR count). The second-order valence-electron chi connectivity index (χ2n) is 9.40. The molecule has 0 saturated carbocycles. The van der Waals surface area contributed by atoms with Crippen LogP contribution in [0.5, 0.6) is 17.2 Å². The van der Waals surface area contributed by atoms with E-state index in [-0.39, 0.29) is 13.0 Å². The molecule has 1 heterocycles. The Morgan fingerprint density at radius 3 is 2.27 bits per heavy atom. The van der Waals surface area contributed by atoms with Crippen LogP contribution in [0.25, 0.3) is 0 Å². The molecule has 0 unspecified atom stereocenters. The molecule has 1 aliphatic heterocycles. The number of carbonyl (C=O) groups excluding carboxylic acids is 1. The lowest BCUT2D eigenvalue weighted by Gasteiger charge is -2.37. The number of fused-ring (bicyclic) bond motifs is 1. The zero-order chi connectivity index (χ0) is 28.1. The number of benzene rings is 4. The molecule has 40 heavy (non-hydrogen) atoms. The summed E-state index contributed by atoms with van der Waals surface area (Å²) in [5.74, 6) is -0.140. The van der Waals surface area contributed by atoms with Crippen molar-refractivity contribution in [1.29, 1.82) is 0 Å². The maximum Gasteiger partial charge on any atom is 0.326 e. The van der Waals surface area contributed by atoms with Crippen molar-refractivity contribution in [3.05, 3.63) is 124 Å². The first-order valence-corrected chi connectivity index (χ1v) is 13.2. The van der Waals surface area contributed by atoms with Crippen LogP contribution in [0, 0.1) is 0 Å². The standard InChI is InChI=1S/C32H28ClNO6/c1-38-28-17-12-23-19-34(27(32(36)37)18-26(23)30(28)39-20-21-8-4-2-5-9-21)31(35)29(22-10-6-3-7-11-22)40-25-15-13-24(33)14-16-25/h2-17,27,29H,18-20H2,1H3,(H,36,37)/t27-,29-/m0/s1. The molecule has 1 amide bonds. The van der Waals surface area contributed by atoms with Gasteiger partial charge in [0, 0.05) is 29.1 Å². The highest BCUT2D eigenvalue weighted by Gasteiger charge is 2.40. The van der Waals surface area contributed by atoms with E-state index in [4.69, 9.17) is 25.8 Å². The van der Waals surface area contributed by atoms with Gasteiger partial charge >= 0.3 is 5.97 Å². The molecule has 1 N–H and O–H groups in total. The zero-order valence-corrected chi connectivity index (χ0v) is 22.6. The van der Waals surface area contributed by atoms with Crippen molar-refractivity contribution in [2.24, 2.45) is 0 Å². The first-order chi connectivity index (χ1) is 19.4. The van der Waals surface area contributed by atoms with E-state index >= 15 is 0 Å². The van der Waals surface area contributed by atoms with Crippen molar-refractivity contribution >= 4 is 23.5 Å². The van der Waals surface area contributed by atoms with Gasteiger partial charge < -0.3 is 24.2 Å². The van der Waals surface area contributed by atoms with Crippen LogP contribution < -0.4 is 14.2 Å². The van der Waals surface area contributed by atoms with Crippen LogP contribution in [0.2, 0.25) is 5.02 Å². The summed E-state index contributed by atoms with van der Waals surface area (Å²) in [6.07, 6.45) is -1.00. The summed E-state index contributed by atoms with van der Waals surface area (Å²) in [5, 5.41) is 10.8. The summed E-state index contributed by atoms with van der Waals surface area (Å²) in [7, 11) is 1.54. The molecule has 4 aromatic rings. The van der Waals surface area contributed by atoms with Gasteiger partial charge in [0.1, 0.15) is 18.4 Å². The minimum Gasteiger partial charge on any atom is -0.493 e. The van der Waals surface area contributed by atoms with Gasteiger partial charge in [-0.15, -0.1) is 0 Å². The van der Waals surface area contributed by atoms with Gasteiger partial charge in [0.05, 0.1) is 7.11 Å². The number of halogens is 1. The largest absolute Gasteiger partial charge is 0.493 e. The number of amides is 1. The normalized spacial score (nSPS) is 15.1. The molecule has 204 valence electrons. The van der Waals surface area contributed by atoms with Crippen LogP contribution in [0.3, 0.4) is 0 Å². The van der Waals surface area contributed by atoms with Crippen LogP contribution in [0.15, 0.2) is 97.1 Å². The third-order valence-corrected chi connectivity index (χ3v) is 7.10. The maximum absolute atomic E-state index is 14.1. The van der Waals surface area contributed by atoms with E-state index < -0.39 is 24.0 Å². The van der Waals surface area contributed by atoms with Crippen molar-refractivity contribution < 1.29 is 28.9 Å². The molecule has 0 spiro atoms. The van der Waals surface area contributed by atoms with E-state index in [2.05, 4.69) is 0 Å². The highest BCUT2D eigenvalue weighted by molar-refractivity contribution is 6.30. The fourth-order valence-electron chi connectivity index (χ4n) is 4.81. The number of methoxy groups -OCH3 is 1. The van der Waals surface area contributed by atoms with E-state index in [0.717, 1.165) is 11.1 Å². The second kappa shape index (κ2) is 12.1. The van der Waals surface area contributed by atoms with Gasteiger partial charge in [-0.1, -0.05) is 78.3 Å². The Bertz CT molecular complexity index is 1480. The van der Waals surface area contributed by atoms with E-state index in [1.807, 2.05) is 54.6 Å². The van der Waals surface area contributed by atoms with Crippen LogP contribution >= 0.6 is 11.6 Å². The predicted octanol–water partition coefficient (Wildman–Crippen LogP) is 6.09. The van der Waals surface area contributed by atoms with Crippen LogP contribution in [0.4, 0.5) is 0 Å². The average molecular weight is 558 g/mol. The number of carbonyl (C=O) groups is 2. The molecule has 4 aromatic carbocycles. The molecule has 2 atom stereocenters. The highest BCUT2D eigenvalue weighted by atomic mass is 35.5. The summed E-state index contributed by atoms with van der Waals surface area (Å²) >= 11 is 6.03. The second-order valence-corrected chi connectivity index (χ2v) is 9.83. The lowest BCUT2D eigenvalue weighted by atomic mass is 9.91. The molecule has 7 nitrogen and oxygen atoms in total. The van der Waals surface area contributed by atoms with Crippen molar-refractivity contribution in [3.63, 3.8) is 0 Å². The summed E-state index contributed by atoms with van der Waals surface area (Å²) in [6.45, 7) is 0.364. The number of hydrogen-bond acceptors (Lipinski definition) is 5. The molecule has 0 fully saturated rings. The zero-order valence-electron chi connectivity index (χ0n) is 21.8. The minimum absolute atomic E-state index is 0.0557. The van der Waals surface area contributed by atoms with Crippen LogP contribution in [0.1, 0.15) is 28.4 Å². The fourth-order valence-corrected chi connectivity index (χ4v) is 4.93. The molecular weight excluding hydrogens is 530 g/mol. The molecule has 0 aromatic heterocycles. The van der Waals surface area contributed by atoms with Gasteiger partial charge in [-0.3, -0.25) is 4.79 Å². The van der Waals surface area contributed by atoms with Crippen molar-refractivity contribution in [2.75, 3.05) is 7.11 Å². The maximum atomic E-state index is 14.1. The number of carboxylic acid groups (broad SMARTS) is 1. The predicted molar refractivity (Wildman–Crippen MR) is 151 cm³/mol. The van der Waals surface area contributed by atoms with E-state index in [1.54, 1.807) is 49.6 Å². The first kappa shape index (κ1) is 27.1. The molecule has 0 saturated heterocycles. The Morgan fingerprint density at radius 1 is 0.950 bits per heavy atom. The quantitative estimate of drug-likeness (QED) is 0.268. The Morgan fingerprint density at radius 2 is 1.62 bits per heavy atom. The van der Waals surface area contributed by atoms with Gasteiger partial charge in [0.15, 0.2) is 11.5 Å². The number of rotatable bonds is 9. The Hall–Kier alpha value is -4.49. The average Bonchev–Trinajstić information content (AvgIpc) is 2.99. The van der Waals surface area contributed by atoms with Gasteiger partial charge in [0.25, 0.3) is 5.91 Å². The van der Waals surface area contributed by atoms with Gasteiger partial charge in [-0.05, 0) is 41.5 Å². The molecule has 0 radical (unpaired) electrons. The minimum atomic E-state index is -1.13. The molecular formula is C32H28ClNO6. The van der Waals surface area contributed by atoms with Gasteiger partial charge in [0.2, 0.25) is 6.10 Å². The summed E-state index contributed by atoms with van der Waals surface area (Å²) < 4.78 is 17.9. The van der Waals surface area contributed by atoms with E-state index in [1.165, 1.54) is 4.90 Å². The first-order valence-electron chi connectivity index (χ1n) is 12.8. The lowest BCUT2D eigenvalue weighted by molar-refractivity contribution is -0.155. The monoisotopic (exact) mass is 557 g/mol. The molecule has 8 heteroatoms. The van der Waals surface area contributed by atoms with Gasteiger partial charge in [-0.2, -0.15) is 0 Å². The Balaban J connectivity index is 1.48. The van der Waals surface area contributed by atoms with Crippen molar-refractivity contribution in [1.82, 2.24) is 4.90 Å². The van der Waals surface area contributed by atoms with Gasteiger partial charge in [-0.25, -0.2) is 4.79 Å². The van der Waals surface area contributed by atoms with Crippen LogP contribution in [-0.2, 0) is 29.2 Å². The third kappa shape index (κ3) is 5.90. The lowest BCUT2D eigenvalue weighted by Crippen LogP contribution is -2.51. The number of ether oxygens (including phenoxy) is 3. The highest BCUT2D eigenvalue weighted by Crippen LogP contribution is 2.40. The summed E-state index contributed by atoms with van der Waals surface area (Å²) in [5.41, 5.74) is 3.07. The van der Waals surface area contributed by atoms with Crippen molar-refractivity contribution in [2.45, 2.75) is 31.7 Å². The topological polar surface area (TPSA) is 85.3 Å². The molecule has 0 bridgehead atoms.